The normalized spacial score (nSPS) is 10.2. The van der Waals surface area contributed by atoms with Gasteiger partial charge in [-0.1, -0.05) is 0 Å². The first kappa shape index (κ1) is 19.6. The highest BCUT2D eigenvalue weighted by Gasteiger charge is 2.24. The Morgan fingerprint density at radius 3 is 2.29 bits per heavy atom. The predicted octanol–water partition coefficient (Wildman–Crippen LogP) is 4.49. The van der Waals surface area contributed by atoms with Crippen molar-refractivity contribution in [2.24, 2.45) is 0 Å². The summed E-state index contributed by atoms with van der Waals surface area (Å²) in [4.78, 5) is 19.3. The Morgan fingerprint density at radius 1 is 1.00 bits per heavy atom. The number of benzene rings is 2. The fourth-order valence-corrected chi connectivity index (χ4v) is 2.79. The maximum Gasteiger partial charge on any atom is 0.353 e. The first-order valence-corrected chi connectivity index (χ1v) is 9.10. The highest BCUT2D eigenvalue weighted by Crippen LogP contribution is 2.36. The molecule has 3 aromatic rings. The van der Waals surface area contributed by atoms with Gasteiger partial charge in [0.1, 0.15) is 17.8 Å². The summed E-state index contributed by atoms with van der Waals surface area (Å²) in [5, 5.41) is 17.6. The van der Waals surface area contributed by atoms with Crippen LogP contribution in [0.15, 0.2) is 48.8 Å². The third-order valence-electron chi connectivity index (χ3n) is 3.77. The molecule has 0 amide bonds. The van der Waals surface area contributed by atoms with E-state index < -0.39 is 4.92 Å². The van der Waals surface area contributed by atoms with Gasteiger partial charge in [0.15, 0.2) is 0 Å². The Kier molecular flexibility index (Phi) is 6.09. The van der Waals surface area contributed by atoms with Crippen LogP contribution in [-0.2, 0) is 0 Å². The topological polar surface area (TPSA) is 111 Å². The van der Waals surface area contributed by atoms with Crippen molar-refractivity contribution in [1.82, 2.24) is 9.97 Å². The highest BCUT2D eigenvalue weighted by atomic mass is 127. The van der Waals surface area contributed by atoms with Gasteiger partial charge < -0.3 is 20.1 Å². The van der Waals surface area contributed by atoms with E-state index in [4.69, 9.17) is 9.47 Å². The molecule has 1 heterocycles. The van der Waals surface area contributed by atoms with Crippen LogP contribution in [-0.4, -0.2) is 29.1 Å². The molecular weight excluding hydrogens is 477 g/mol. The largest absolute Gasteiger partial charge is 0.497 e. The molecule has 0 spiro atoms. The molecular formula is C18H16IN5O4. The molecule has 3 rings (SSSR count). The van der Waals surface area contributed by atoms with E-state index in [-0.39, 0.29) is 17.3 Å². The van der Waals surface area contributed by atoms with E-state index in [0.29, 0.717) is 22.9 Å². The minimum atomic E-state index is -0.534. The summed E-state index contributed by atoms with van der Waals surface area (Å²) in [6, 6.07) is 12.5. The SMILES string of the molecule is COc1ccc(Nc2ncnc(Nc3ccc(I)cc3)c2[N+](=O)[O-])c(OC)c1. The van der Waals surface area contributed by atoms with Crippen LogP contribution in [0, 0.1) is 13.7 Å². The van der Waals surface area contributed by atoms with Crippen molar-refractivity contribution in [3.63, 3.8) is 0 Å². The lowest BCUT2D eigenvalue weighted by Crippen LogP contribution is -2.06. The molecule has 0 aliphatic heterocycles. The van der Waals surface area contributed by atoms with Crippen LogP contribution in [0.25, 0.3) is 0 Å². The van der Waals surface area contributed by atoms with Crippen LogP contribution in [0.3, 0.4) is 0 Å². The van der Waals surface area contributed by atoms with E-state index in [1.165, 1.54) is 13.4 Å². The van der Waals surface area contributed by atoms with Gasteiger partial charge in [-0.3, -0.25) is 10.1 Å². The molecule has 0 atom stereocenters. The van der Waals surface area contributed by atoms with Gasteiger partial charge in [0.25, 0.3) is 0 Å². The molecule has 0 saturated heterocycles. The molecule has 0 unspecified atom stereocenters. The van der Waals surface area contributed by atoms with Crippen LogP contribution < -0.4 is 20.1 Å². The molecule has 2 N–H and O–H groups in total. The second-order valence-corrected chi connectivity index (χ2v) is 6.75. The van der Waals surface area contributed by atoms with Crippen molar-refractivity contribution in [3.8, 4) is 11.5 Å². The van der Waals surface area contributed by atoms with Gasteiger partial charge in [0.2, 0.25) is 11.6 Å². The number of anilines is 4. The van der Waals surface area contributed by atoms with Gasteiger partial charge in [-0.05, 0) is 59.0 Å². The molecule has 0 fully saturated rings. The number of halogens is 1. The standard InChI is InChI=1S/C18H16IN5O4/c1-27-13-7-8-14(15(9-13)28-2)23-18-16(24(25)26)17(20-10-21-18)22-12-5-3-11(19)4-6-12/h3-10H,1-2H3,(H2,20,21,22,23). The van der Waals surface area contributed by atoms with Crippen LogP contribution in [0.4, 0.5) is 28.7 Å². The average molecular weight is 493 g/mol. The third-order valence-corrected chi connectivity index (χ3v) is 4.49. The number of hydrogen-bond donors (Lipinski definition) is 2. The first-order chi connectivity index (χ1) is 13.5. The minimum Gasteiger partial charge on any atom is -0.497 e. The zero-order valence-corrected chi connectivity index (χ0v) is 17.1. The average Bonchev–Trinajstić information content (AvgIpc) is 2.70. The Balaban J connectivity index is 1.98. The second kappa shape index (κ2) is 8.69. The molecule has 28 heavy (non-hydrogen) atoms. The zero-order valence-electron chi connectivity index (χ0n) is 15.0. The molecule has 0 saturated carbocycles. The Labute approximate surface area is 174 Å². The number of methoxy groups -OCH3 is 2. The Morgan fingerprint density at radius 2 is 1.68 bits per heavy atom. The summed E-state index contributed by atoms with van der Waals surface area (Å²) in [6.07, 6.45) is 1.25. The molecule has 0 aliphatic rings. The molecule has 2 aromatic carbocycles. The van der Waals surface area contributed by atoms with Crippen molar-refractivity contribution in [3.05, 3.63) is 62.5 Å². The van der Waals surface area contributed by atoms with Gasteiger partial charge >= 0.3 is 5.69 Å². The highest BCUT2D eigenvalue weighted by molar-refractivity contribution is 14.1. The van der Waals surface area contributed by atoms with Crippen LogP contribution in [0.1, 0.15) is 0 Å². The fourth-order valence-electron chi connectivity index (χ4n) is 2.43. The Hall–Kier alpha value is -3.15. The summed E-state index contributed by atoms with van der Waals surface area (Å²) < 4.78 is 11.5. The maximum absolute atomic E-state index is 11.7. The van der Waals surface area contributed by atoms with Crippen molar-refractivity contribution >= 4 is 51.3 Å². The number of aromatic nitrogens is 2. The van der Waals surface area contributed by atoms with Gasteiger partial charge in [-0.2, -0.15) is 0 Å². The third kappa shape index (κ3) is 4.39. The zero-order chi connectivity index (χ0) is 20.1. The summed E-state index contributed by atoms with van der Waals surface area (Å²) in [6.45, 7) is 0. The van der Waals surface area contributed by atoms with E-state index in [1.807, 2.05) is 24.3 Å². The summed E-state index contributed by atoms with van der Waals surface area (Å²) in [5.41, 5.74) is 0.902. The van der Waals surface area contributed by atoms with Crippen molar-refractivity contribution in [2.45, 2.75) is 0 Å². The number of nitrogens with zero attached hydrogens (tertiary/aromatic N) is 3. The first-order valence-electron chi connectivity index (χ1n) is 8.03. The smallest absolute Gasteiger partial charge is 0.353 e. The van der Waals surface area contributed by atoms with Gasteiger partial charge in [-0.15, -0.1) is 0 Å². The number of rotatable bonds is 7. The number of ether oxygens (including phenoxy) is 2. The van der Waals surface area contributed by atoms with Crippen molar-refractivity contribution < 1.29 is 14.4 Å². The molecule has 10 heteroatoms. The lowest BCUT2D eigenvalue weighted by atomic mass is 10.2. The van der Waals surface area contributed by atoms with E-state index in [0.717, 1.165) is 3.57 Å². The maximum atomic E-state index is 11.7. The summed E-state index contributed by atoms with van der Waals surface area (Å²) in [5.74, 6) is 1.17. The van der Waals surface area contributed by atoms with Gasteiger partial charge in [0, 0.05) is 15.3 Å². The molecule has 0 bridgehead atoms. The van der Waals surface area contributed by atoms with Gasteiger partial charge in [0.05, 0.1) is 24.8 Å². The van der Waals surface area contributed by atoms with Crippen LogP contribution in [0.5, 0.6) is 11.5 Å². The number of hydrogen-bond acceptors (Lipinski definition) is 8. The number of nitrogens with one attached hydrogen (secondary N) is 2. The molecule has 9 nitrogen and oxygen atoms in total. The van der Waals surface area contributed by atoms with Crippen molar-refractivity contribution in [1.29, 1.82) is 0 Å². The van der Waals surface area contributed by atoms with E-state index >= 15 is 0 Å². The summed E-state index contributed by atoms with van der Waals surface area (Å²) >= 11 is 2.18. The van der Waals surface area contributed by atoms with Crippen LogP contribution >= 0.6 is 22.6 Å². The molecule has 1 aromatic heterocycles. The number of nitro groups is 1. The predicted molar refractivity (Wildman–Crippen MR) is 114 cm³/mol. The second-order valence-electron chi connectivity index (χ2n) is 5.50. The van der Waals surface area contributed by atoms with Crippen LogP contribution in [0.2, 0.25) is 0 Å². The van der Waals surface area contributed by atoms with Crippen molar-refractivity contribution in [2.75, 3.05) is 24.9 Å². The van der Waals surface area contributed by atoms with E-state index in [2.05, 4.69) is 43.2 Å². The Bertz CT molecular complexity index is 998. The fraction of sp³-hybridized carbons (Fsp3) is 0.111. The minimum absolute atomic E-state index is 0.0384. The molecule has 0 radical (unpaired) electrons. The van der Waals surface area contributed by atoms with Gasteiger partial charge in [-0.25, -0.2) is 9.97 Å². The monoisotopic (exact) mass is 493 g/mol. The van der Waals surface area contributed by atoms with E-state index in [9.17, 15) is 10.1 Å². The molecule has 0 aliphatic carbocycles. The lowest BCUT2D eigenvalue weighted by Gasteiger charge is -2.13. The quantitative estimate of drug-likeness (QED) is 0.281. The summed E-state index contributed by atoms with van der Waals surface area (Å²) in [7, 11) is 3.04. The molecule has 144 valence electrons. The lowest BCUT2D eigenvalue weighted by molar-refractivity contribution is -0.383. The van der Waals surface area contributed by atoms with E-state index in [1.54, 1.807) is 25.3 Å².